The number of nitrogens with zero attached hydrogens (tertiary/aromatic N) is 1. The molecule has 0 radical (unpaired) electrons. The van der Waals surface area contributed by atoms with Gasteiger partial charge in [-0.3, -0.25) is 9.59 Å². The second kappa shape index (κ2) is 8.44. The van der Waals surface area contributed by atoms with E-state index in [-0.39, 0.29) is 17.6 Å². The van der Waals surface area contributed by atoms with Crippen LogP contribution in [0.5, 0.6) is 0 Å². The van der Waals surface area contributed by atoms with E-state index in [0.29, 0.717) is 26.0 Å². The van der Waals surface area contributed by atoms with Gasteiger partial charge in [-0.05, 0) is 60.9 Å². The van der Waals surface area contributed by atoms with Crippen LogP contribution in [0.2, 0.25) is 0 Å². The minimum atomic E-state index is -0.000789. The summed E-state index contributed by atoms with van der Waals surface area (Å²) >= 11 is 0. The number of carbonyl (C=O) groups is 1. The summed E-state index contributed by atoms with van der Waals surface area (Å²) in [4.78, 5) is 25.3. The van der Waals surface area contributed by atoms with E-state index < -0.39 is 0 Å². The lowest BCUT2D eigenvalue weighted by atomic mass is 9.89. The van der Waals surface area contributed by atoms with E-state index >= 15 is 0 Å². The summed E-state index contributed by atoms with van der Waals surface area (Å²) in [5, 5.41) is 4.36. The number of pyridine rings is 1. The third kappa shape index (κ3) is 3.77. The number of aryl methyl sites for hydroxylation is 2. The number of carbonyl (C=O) groups excluding carboxylic acids is 1. The zero-order chi connectivity index (χ0) is 21.3. The summed E-state index contributed by atoms with van der Waals surface area (Å²) in [5.41, 5.74) is 5.47. The molecule has 5 heteroatoms. The van der Waals surface area contributed by atoms with Crippen LogP contribution in [0.4, 0.5) is 0 Å². The fraction of sp³-hybridized carbons (Fsp3) is 0.360. The molecule has 30 heavy (non-hydrogen) atoms. The molecule has 0 saturated carbocycles. The highest BCUT2D eigenvalue weighted by Crippen LogP contribution is 2.35. The van der Waals surface area contributed by atoms with E-state index in [1.807, 2.05) is 42.7 Å². The molecule has 1 N–H and O–H groups in total. The van der Waals surface area contributed by atoms with Crippen molar-refractivity contribution in [2.75, 3.05) is 7.05 Å². The Hall–Kier alpha value is -2.92. The van der Waals surface area contributed by atoms with Crippen molar-refractivity contribution < 1.29 is 9.53 Å². The van der Waals surface area contributed by atoms with E-state index in [1.54, 1.807) is 7.05 Å². The highest BCUT2D eigenvalue weighted by molar-refractivity contribution is 5.91. The molecule has 1 amide bonds. The van der Waals surface area contributed by atoms with Crippen molar-refractivity contribution in [2.45, 2.75) is 52.4 Å². The molecule has 1 aliphatic heterocycles. The second-order valence-corrected chi connectivity index (χ2v) is 8.10. The number of nitrogens with one attached hydrogen (secondary N) is 1. The van der Waals surface area contributed by atoms with Gasteiger partial charge in [-0.1, -0.05) is 30.3 Å². The molecule has 0 aliphatic carbocycles. The highest BCUT2D eigenvalue weighted by atomic mass is 16.5. The first-order valence-corrected chi connectivity index (χ1v) is 10.6. The van der Waals surface area contributed by atoms with Crippen molar-refractivity contribution in [3.05, 3.63) is 69.5 Å². The average molecular weight is 405 g/mol. The number of hydrogen-bond acceptors (Lipinski definition) is 3. The molecule has 3 aromatic rings. The van der Waals surface area contributed by atoms with Gasteiger partial charge in [0.25, 0.3) is 5.56 Å². The number of ether oxygens (including phenoxy) is 1. The standard InChI is InChI=1S/C25H28N2O3/c1-16(2)30-15-17-8-9-18-12-13-27-24(22(18)14-17)20(10-11-23(28)26-3)19-6-4-5-7-21(19)25(27)29/h4-9,14,16H,10-13,15H2,1-3H3,(H,26,28). The number of rotatable bonds is 6. The maximum absolute atomic E-state index is 13.3. The fourth-order valence-corrected chi connectivity index (χ4v) is 4.26. The zero-order valence-electron chi connectivity index (χ0n) is 17.8. The molecule has 156 valence electrons. The molecule has 0 unspecified atom stereocenters. The van der Waals surface area contributed by atoms with Gasteiger partial charge in [-0.25, -0.2) is 0 Å². The van der Waals surface area contributed by atoms with Crippen molar-refractivity contribution in [1.82, 2.24) is 9.88 Å². The Labute approximate surface area is 176 Å². The third-order valence-corrected chi connectivity index (χ3v) is 5.78. The van der Waals surface area contributed by atoms with Crippen LogP contribution in [0.25, 0.3) is 22.0 Å². The maximum atomic E-state index is 13.3. The lowest BCUT2D eigenvalue weighted by molar-refractivity contribution is -0.120. The monoisotopic (exact) mass is 404 g/mol. The van der Waals surface area contributed by atoms with Crippen molar-refractivity contribution in [3.8, 4) is 11.3 Å². The van der Waals surface area contributed by atoms with Gasteiger partial charge in [0.1, 0.15) is 0 Å². The van der Waals surface area contributed by atoms with Crippen LogP contribution in [0, 0.1) is 0 Å². The molecular weight excluding hydrogens is 376 g/mol. The van der Waals surface area contributed by atoms with Gasteiger partial charge in [0.2, 0.25) is 5.91 Å². The summed E-state index contributed by atoms with van der Waals surface area (Å²) in [6.45, 7) is 5.24. The molecule has 0 fully saturated rings. The topological polar surface area (TPSA) is 60.3 Å². The van der Waals surface area contributed by atoms with Crippen molar-refractivity contribution in [2.24, 2.45) is 0 Å². The predicted octanol–water partition coefficient (Wildman–Crippen LogP) is 3.83. The van der Waals surface area contributed by atoms with Gasteiger partial charge in [-0.2, -0.15) is 0 Å². The molecule has 0 bridgehead atoms. The molecule has 0 spiro atoms. The first-order chi connectivity index (χ1) is 14.5. The number of fused-ring (bicyclic) bond motifs is 4. The van der Waals surface area contributed by atoms with Gasteiger partial charge in [-0.15, -0.1) is 0 Å². The van der Waals surface area contributed by atoms with Crippen LogP contribution in [0.1, 0.15) is 37.0 Å². The predicted molar refractivity (Wildman–Crippen MR) is 120 cm³/mol. The normalized spacial score (nSPS) is 12.7. The minimum absolute atomic E-state index is 0.000789. The van der Waals surface area contributed by atoms with Crippen LogP contribution in [0.3, 0.4) is 0 Å². The van der Waals surface area contributed by atoms with Crippen LogP contribution < -0.4 is 10.9 Å². The molecule has 0 atom stereocenters. The fourth-order valence-electron chi connectivity index (χ4n) is 4.26. The summed E-state index contributed by atoms with van der Waals surface area (Å²) in [6, 6.07) is 14.2. The average Bonchev–Trinajstić information content (AvgIpc) is 2.77. The summed E-state index contributed by atoms with van der Waals surface area (Å²) < 4.78 is 7.70. The van der Waals surface area contributed by atoms with Crippen molar-refractivity contribution >= 4 is 16.7 Å². The Morgan fingerprint density at radius 2 is 1.93 bits per heavy atom. The van der Waals surface area contributed by atoms with Crippen LogP contribution in [0.15, 0.2) is 47.3 Å². The second-order valence-electron chi connectivity index (χ2n) is 8.10. The molecule has 0 saturated heterocycles. The van der Waals surface area contributed by atoms with E-state index in [0.717, 1.165) is 39.6 Å². The smallest absolute Gasteiger partial charge is 0.258 e. The van der Waals surface area contributed by atoms with Crippen LogP contribution >= 0.6 is 0 Å². The molecule has 2 heterocycles. The lowest BCUT2D eigenvalue weighted by Crippen LogP contribution is -2.28. The van der Waals surface area contributed by atoms with E-state index in [4.69, 9.17) is 4.74 Å². The molecule has 1 aliphatic rings. The Morgan fingerprint density at radius 3 is 2.67 bits per heavy atom. The van der Waals surface area contributed by atoms with Crippen LogP contribution in [-0.4, -0.2) is 23.6 Å². The molecule has 1 aromatic heterocycles. The Morgan fingerprint density at radius 1 is 1.17 bits per heavy atom. The zero-order valence-corrected chi connectivity index (χ0v) is 17.8. The van der Waals surface area contributed by atoms with E-state index in [1.165, 1.54) is 5.56 Å². The molecule has 2 aromatic carbocycles. The van der Waals surface area contributed by atoms with Gasteiger partial charge in [0.15, 0.2) is 0 Å². The van der Waals surface area contributed by atoms with E-state index in [9.17, 15) is 9.59 Å². The lowest BCUT2D eigenvalue weighted by Gasteiger charge is -2.26. The molecule has 4 rings (SSSR count). The number of amides is 1. The maximum Gasteiger partial charge on any atom is 0.258 e. The minimum Gasteiger partial charge on any atom is -0.374 e. The van der Waals surface area contributed by atoms with Gasteiger partial charge >= 0.3 is 0 Å². The quantitative estimate of drug-likeness (QED) is 0.679. The van der Waals surface area contributed by atoms with E-state index in [2.05, 4.69) is 23.5 Å². The SMILES string of the molecule is CNC(=O)CCc1c2n(c(=O)c3ccccc13)CCc1ccc(COC(C)C)cc1-2. The van der Waals surface area contributed by atoms with Gasteiger partial charge in [0, 0.05) is 31.0 Å². The first-order valence-electron chi connectivity index (χ1n) is 10.6. The largest absolute Gasteiger partial charge is 0.374 e. The number of hydrogen-bond donors (Lipinski definition) is 1. The number of aromatic nitrogens is 1. The first kappa shape index (κ1) is 20.4. The van der Waals surface area contributed by atoms with Crippen molar-refractivity contribution in [3.63, 3.8) is 0 Å². The number of benzene rings is 2. The van der Waals surface area contributed by atoms with Crippen molar-refractivity contribution in [1.29, 1.82) is 0 Å². The summed E-state index contributed by atoms with van der Waals surface area (Å²) in [6.07, 6.45) is 1.95. The Balaban J connectivity index is 1.92. The van der Waals surface area contributed by atoms with Gasteiger partial charge in [0.05, 0.1) is 18.4 Å². The van der Waals surface area contributed by atoms with Gasteiger partial charge < -0.3 is 14.6 Å². The Bertz CT molecular complexity index is 1160. The summed E-state index contributed by atoms with van der Waals surface area (Å²) in [5.74, 6) is -0.000789. The summed E-state index contributed by atoms with van der Waals surface area (Å²) in [7, 11) is 1.65. The molecule has 5 nitrogen and oxygen atoms in total. The highest BCUT2D eigenvalue weighted by Gasteiger charge is 2.24. The molecular formula is C25H28N2O3. The third-order valence-electron chi connectivity index (χ3n) is 5.78. The van der Waals surface area contributed by atoms with Crippen LogP contribution in [-0.2, 0) is 35.5 Å². The Kier molecular flexibility index (Phi) is 5.73.